The van der Waals surface area contributed by atoms with Crippen LogP contribution in [0.3, 0.4) is 0 Å². The highest BCUT2D eigenvalue weighted by molar-refractivity contribution is 7.47. The van der Waals surface area contributed by atoms with E-state index in [0.717, 1.165) is 115 Å². The number of phosphoric ester groups is 2. The summed E-state index contributed by atoms with van der Waals surface area (Å²) < 4.78 is 68.5. The van der Waals surface area contributed by atoms with Crippen molar-refractivity contribution >= 4 is 39.5 Å². The number of aliphatic hydroxyl groups excluding tert-OH is 1. The molecule has 0 aromatic carbocycles. The van der Waals surface area contributed by atoms with Gasteiger partial charge in [-0.2, -0.15) is 0 Å². The van der Waals surface area contributed by atoms with E-state index in [1.54, 1.807) is 0 Å². The topological polar surface area (TPSA) is 237 Å². The molecule has 0 bridgehead atoms. The molecule has 0 aromatic rings. The Labute approximate surface area is 600 Å². The molecule has 0 radical (unpaired) electrons. The summed E-state index contributed by atoms with van der Waals surface area (Å²) in [6, 6.07) is 0. The first-order valence-electron chi connectivity index (χ1n) is 41.0. The van der Waals surface area contributed by atoms with Crippen molar-refractivity contribution in [2.75, 3.05) is 39.6 Å². The van der Waals surface area contributed by atoms with Gasteiger partial charge in [0.15, 0.2) is 12.2 Å². The molecule has 3 unspecified atom stereocenters. The lowest BCUT2D eigenvalue weighted by Gasteiger charge is -2.21. The molecular formula is C79H154O17P2. The Balaban J connectivity index is 5.18. The molecule has 0 aliphatic heterocycles. The molecule has 0 fully saturated rings. The van der Waals surface area contributed by atoms with Gasteiger partial charge in [-0.25, -0.2) is 9.13 Å². The van der Waals surface area contributed by atoms with E-state index in [1.165, 1.54) is 218 Å². The van der Waals surface area contributed by atoms with Crippen molar-refractivity contribution < 1.29 is 80.2 Å². The van der Waals surface area contributed by atoms with E-state index in [2.05, 4.69) is 41.5 Å². The standard InChI is InChI=1S/C79H154O17P2/c1-7-10-12-14-16-17-18-19-20-21-22-23-24-25-30-33-39-45-51-57-63-78(83)96-75(68-90-77(82)62-56-50-44-38-32-29-27-26-28-31-37-43-48-54-60-72(6)9-3)70-94-98(87,88)92-66-73(80)65-91-97(85,86)93-69-74(67-89-76(81)61-55-49-41-15-13-11-8-2)95-79(84)64-58-52-46-40-35-34-36-42-47-53-59-71(4)5/h71-75,80H,7-70H2,1-6H3,(H,85,86)(H,87,88)/t72?,73-,74+,75+/m0/s1. The number of ether oxygens (including phenoxy) is 4. The van der Waals surface area contributed by atoms with E-state index in [0.29, 0.717) is 25.7 Å². The van der Waals surface area contributed by atoms with Gasteiger partial charge in [0.05, 0.1) is 26.4 Å². The average molecular weight is 1440 g/mol. The quantitative estimate of drug-likeness (QED) is 0.0222. The summed E-state index contributed by atoms with van der Waals surface area (Å²) >= 11 is 0. The van der Waals surface area contributed by atoms with Crippen LogP contribution in [0.4, 0.5) is 0 Å². The molecule has 0 saturated carbocycles. The first kappa shape index (κ1) is 96.1. The second-order valence-corrected chi connectivity index (χ2v) is 32.1. The zero-order chi connectivity index (χ0) is 72.1. The van der Waals surface area contributed by atoms with Gasteiger partial charge in [0.1, 0.15) is 19.3 Å². The van der Waals surface area contributed by atoms with Crippen LogP contribution in [-0.2, 0) is 65.4 Å². The van der Waals surface area contributed by atoms with E-state index in [-0.39, 0.29) is 25.7 Å². The van der Waals surface area contributed by atoms with Gasteiger partial charge in [0.25, 0.3) is 0 Å². The Morgan fingerprint density at radius 3 is 0.776 bits per heavy atom. The van der Waals surface area contributed by atoms with Crippen molar-refractivity contribution in [1.82, 2.24) is 0 Å². The second kappa shape index (κ2) is 70.7. The van der Waals surface area contributed by atoms with E-state index < -0.39 is 97.5 Å². The third-order valence-corrected chi connectivity index (χ3v) is 20.7. The zero-order valence-electron chi connectivity index (χ0n) is 64.1. The highest BCUT2D eigenvalue weighted by Crippen LogP contribution is 2.45. The molecule has 0 aliphatic rings. The van der Waals surface area contributed by atoms with Gasteiger partial charge in [-0.3, -0.25) is 37.3 Å². The molecule has 3 N–H and O–H groups in total. The lowest BCUT2D eigenvalue weighted by atomic mass is 9.99. The molecule has 0 rings (SSSR count). The van der Waals surface area contributed by atoms with Crippen LogP contribution < -0.4 is 0 Å². The van der Waals surface area contributed by atoms with Gasteiger partial charge < -0.3 is 33.8 Å². The Morgan fingerprint density at radius 1 is 0.296 bits per heavy atom. The lowest BCUT2D eigenvalue weighted by molar-refractivity contribution is -0.161. The van der Waals surface area contributed by atoms with E-state index in [1.807, 2.05) is 0 Å². The summed E-state index contributed by atoms with van der Waals surface area (Å²) in [5.41, 5.74) is 0. The molecule has 0 aliphatic carbocycles. The summed E-state index contributed by atoms with van der Waals surface area (Å²) in [5, 5.41) is 10.6. The molecule has 0 aromatic heterocycles. The van der Waals surface area contributed by atoms with E-state index in [4.69, 9.17) is 37.0 Å². The summed E-state index contributed by atoms with van der Waals surface area (Å²) in [5.74, 6) is -0.514. The Bertz CT molecular complexity index is 1890. The SMILES string of the molecule is CCCCCCCCCCCCCCCCCCCCCCC(=O)O[C@H](COC(=O)CCCCCCCCCCCCCCCCC(C)CC)COP(=O)(O)OC[C@@H](O)COP(=O)(O)OC[C@@H](COC(=O)CCCCCCCCC)OC(=O)CCCCCCCCCCCCC(C)C. The van der Waals surface area contributed by atoms with Crippen molar-refractivity contribution in [3.8, 4) is 0 Å². The molecule has 0 amide bonds. The summed E-state index contributed by atoms with van der Waals surface area (Å²) in [6.07, 6.45) is 59.8. The van der Waals surface area contributed by atoms with Crippen LogP contribution in [0.15, 0.2) is 0 Å². The van der Waals surface area contributed by atoms with Gasteiger partial charge in [-0.15, -0.1) is 0 Å². The fourth-order valence-electron chi connectivity index (χ4n) is 12.2. The lowest BCUT2D eigenvalue weighted by Crippen LogP contribution is -2.30. The number of carbonyl (C=O) groups excluding carboxylic acids is 4. The largest absolute Gasteiger partial charge is 0.472 e. The second-order valence-electron chi connectivity index (χ2n) is 29.2. The average Bonchev–Trinajstić information content (AvgIpc) is 1.05. The molecule has 0 spiro atoms. The Hall–Kier alpha value is -1.94. The number of carbonyl (C=O) groups is 4. The third-order valence-electron chi connectivity index (χ3n) is 18.8. The van der Waals surface area contributed by atoms with Gasteiger partial charge in [-0.1, -0.05) is 363 Å². The predicted molar refractivity (Wildman–Crippen MR) is 400 cm³/mol. The van der Waals surface area contributed by atoms with Crippen LogP contribution >= 0.6 is 15.6 Å². The minimum atomic E-state index is -4.96. The molecule has 19 heteroatoms. The van der Waals surface area contributed by atoms with Crippen molar-refractivity contribution in [3.63, 3.8) is 0 Å². The van der Waals surface area contributed by atoms with E-state index in [9.17, 15) is 43.2 Å². The van der Waals surface area contributed by atoms with Crippen LogP contribution in [0.25, 0.3) is 0 Å². The first-order chi connectivity index (χ1) is 47.4. The minimum Gasteiger partial charge on any atom is -0.462 e. The van der Waals surface area contributed by atoms with Crippen LogP contribution in [0.2, 0.25) is 0 Å². The maximum absolute atomic E-state index is 13.1. The fraction of sp³-hybridized carbons (Fsp3) is 0.949. The van der Waals surface area contributed by atoms with Crippen LogP contribution in [0.5, 0.6) is 0 Å². The molecule has 0 saturated heterocycles. The molecule has 98 heavy (non-hydrogen) atoms. The van der Waals surface area contributed by atoms with Crippen molar-refractivity contribution in [2.45, 2.75) is 432 Å². The number of hydrogen-bond donors (Lipinski definition) is 3. The molecule has 17 nitrogen and oxygen atoms in total. The van der Waals surface area contributed by atoms with Gasteiger partial charge in [-0.05, 0) is 37.5 Å². The number of aliphatic hydroxyl groups is 1. The van der Waals surface area contributed by atoms with Crippen molar-refractivity contribution in [1.29, 1.82) is 0 Å². The Morgan fingerprint density at radius 2 is 0.520 bits per heavy atom. The summed E-state index contributed by atoms with van der Waals surface area (Å²) in [6.45, 7) is 9.62. The number of hydrogen-bond acceptors (Lipinski definition) is 15. The maximum Gasteiger partial charge on any atom is 0.472 e. The number of rotatable bonds is 78. The van der Waals surface area contributed by atoms with Gasteiger partial charge in [0.2, 0.25) is 0 Å². The zero-order valence-corrected chi connectivity index (χ0v) is 65.9. The van der Waals surface area contributed by atoms with Crippen LogP contribution in [0, 0.1) is 11.8 Å². The summed E-state index contributed by atoms with van der Waals surface area (Å²) in [4.78, 5) is 72.8. The fourth-order valence-corrected chi connectivity index (χ4v) is 13.7. The van der Waals surface area contributed by atoms with Crippen LogP contribution in [-0.4, -0.2) is 96.7 Å². The molecular weight excluding hydrogens is 1280 g/mol. The molecule has 6 atom stereocenters. The van der Waals surface area contributed by atoms with Crippen LogP contribution in [0.1, 0.15) is 414 Å². The smallest absolute Gasteiger partial charge is 0.462 e. The highest BCUT2D eigenvalue weighted by atomic mass is 31.2. The summed E-state index contributed by atoms with van der Waals surface area (Å²) in [7, 11) is -9.91. The monoisotopic (exact) mass is 1440 g/mol. The van der Waals surface area contributed by atoms with Gasteiger partial charge >= 0.3 is 39.5 Å². The van der Waals surface area contributed by atoms with Gasteiger partial charge in [0, 0.05) is 25.7 Å². The molecule has 582 valence electrons. The minimum absolute atomic E-state index is 0.106. The van der Waals surface area contributed by atoms with Crippen molar-refractivity contribution in [3.05, 3.63) is 0 Å². The predicted octanol–water partition coefficient (Wildman–Crippen LogP) is 23.5. The highest BCUT2D eigenvalue weighted by Gasteiger charge is 2.30. The first-order valence-corrected chi connectivity index (χ1v) is 44.0. The van der Waals surface area contributed by atoms with E-state index >= 15 is 0 Å². The molecule has 0 heterocycles. The number of esters is 4. The number of phosphoric acid groups is 2. The maximum atomic E-state index is 13.1. The Kier molecular flexibility index (Phi) is 69.3. The number of unbranched alkanes of at least 4 members (excludes halogenated alkanes) is 47. The third kappa shape index (κ3) is 71.1. The normalized spacial score (nSPS) is 14.2. The van der Waals surface area contributed by atoms with Crippen molar-refractivity contribution in [2.24, 2.45) is 11.8 Å².